The van der Waals surface area contributed by atoms with Crippen LogP contribution in [-0.4, -0.2) is 15.5 Å². The lowest BCUT2D eigenvalue weighted by atomic mass is 10.2. The van der Waals surface area contributed by atoms with Gasteiger partial charge in [0.05, 0.1) is 22.8 Å². The summed E-state index contributed by atoms with van der Waals surface area (Å²) < 4.78 is 3.03. The monoisotopic (exact) mass is 367 g/mol. The summed E-state index contributed by atoms with van der Waals surface area (Å²) in [5.74, 6) is 0.936. The van der Waals surface area contributed by atoms with E-state index in [1.165, 1.54) is 12.8 Å². The lowest BCUT2D eigenvalue weighted by Gasteiger charge is -2.11. The summed E-state index contributed by atoms with van der Waals surface area (Å²) in [6, 6.07) is 5.22. The smallest absolute Gasteiger partial charge is 0.253 e. The summed E-state index contributed by atoms with van der Waals surface area (Å²) in [5.41, 5.74) is 1.37. The summed E-state index contributed by atoms with van der Waals surface area (Å²) in [7, 11) is 0. The van der Waals surface area contributed by atoms with Gasteiger partial charge >= 0.3 is 0 Å². The van der Waals surface area contributed by atoms with Crippen molar-refractivity contribution in [2.24, 2.45) is 0 Å². The molecule has 0 saturated carbocycles. The minimum Gasteiger partial charge on any atom is -0.346 e. The zero-order valence-electron chi connectivity index (χ0n) is 11.4. The molecule has 0 atom stereocenters. The first-order chi connectivity index (χ1) is 10.1. The van der Waals surface area contributed by atoms with E-state index in [0.717, 1.165) is 29.0 Å². The molecule has 1 aliphatic rings. The van der Waals surface area contributed by atoms with E-state index in [2.05, 4.69) is 30.8 Å². The Morgan fingerprint density at radius 3 is 3.05 bits per heavy atom. The van der Waals surface area contributed by atoms with Gasteiger partial charge in [-0.15, -0.1) is 0 Å². The number of rotatable bonds is 3. The number of amides is 1. The predicted molar refractivity (Wildman–Crippen MR) is 85.5 cm³/mol. The number of aryl methyl sites for hydroxylation is 2. The standard InChI is InChI=1S/C15H15BrClN3O/c16-10-4-5-12(13(17)7-10)15(21)18-8-11-9-20-6-2-1-3-14(20)19-11/h4-5,7,9H,1-3,6,8H2,(H,18,21). The Morgan fingerprint density at radius 1 is 1.43 bits per heavy atom. The highest BCUT2D eigenvalue weighted by molar-refractivity contribution is 9.10. The largest absolute Gasteiger partial charge is 0.346 e. The molecule has 0 bridgehead atoms. The molecule has 110 valence electrons. The van der Waals surface area contributed by atoms with Gasteiger partial charge in [0.25, 0.3) is 5.91 Å². The van der Waals surface area contributed by atoms with Crippen LogP contribution in [0.4, 0.5) is 0 Å². The number of nitrogens with one attached hydrogen (secondary N) is 1. The van der Waals surface area contributed by atoms with Crippen molar-refractivity contribution in [1.29, 1.82) is 0 Å². The average Bonchev–Trinajstić information content (AvgIpc) is 2.87. The normalized spacial score (nSPS) is 13.8. The van der Waals surface area contributed by atoms with Gasteiger partial charge in [-0.05, 0) is 31.0 Å². The number of imidazole rings is 1. The van der Waals surface area contributed by atoms with Gasteiger partial charge in [-0.25, -0.2) is 4.98 Å². The Labute approximate surface area is 136 Å². The van der Waals surface area contributed by atoms with E-state index in [-0.39, 0.29) is 5.91 Å². The first-order valence-corrected chi connectivity index (χ1v) is 8.09. The van der Waals surface area contributed by atoms with Crippen molar-refractivity contribution >= 4 is 33.4 Å². The molecular formula is C15H15BrClN3O. The van der Waals surface area contributed by atoms with Crippen LogP contribution in [0.1, 0.15) is 34.7 Å². The average molecular weight is 369 g/mol. The van der Waals surface area contributed by atoms with Crippen LogP contribution in [0.3, 0.4) is 0 Å². The van der Waals surface area contributed by atoms with Gasteiger partial charge in [0.1, 0.15) is 5.82 Å². The van der Waals surface area contributed by atoms with Gasteiger partial charge in [0, 0.05) is 23.6 Å². The second kappa shape index (κ2) is 6.20. The fourth-order valence-electron chi connectivity index (χ4n) is 2.50. The molecule has 0 aliphatic carbocycles. The van der Waals surface area contributed by atoms with E-state index in [1.54, 1.807) is 18.2 Å². The molecular weight excluding hydrogens is 354 g/mol. The van der Waals surface area contributed by atoms with Gasteiger partial charge in [0.15, 0.2) is 0 Å². The molecule has 0 fully saturated rings. The zero-order valence-corrected chi connectivity index (χ0v) is 13.7. The Morgan fingerprint density at radius 2 is 2.29 bits per heavy atom. The molecule has 0 spiro atoms. The summed E-state index contributed by atoms with van der Waals surface area (Å²) >= 11 is 9.40. The number of nitrogens with zero attached hydrogens (tertiary/aromatic N) is 2. The van der Waals surface area contributed by atoms with Crippen LogP contribution in [-0.2, 0) is 19.5 Å². The Hall–Kier alpha value is -1.33. The number of hydrogen-bond acceptors (Lipinski definition) is 2. The summed E-state index contributed by atoms with van der Waals surface area (Å²) in [5, 5.41) is 3.31. The third-order valence-electron chi connectivity index (χ3n) is 3.56. The van der Waals surface area contributed by atoms with E-state index >= 15 is 0 Å². The number of carbonyl (C=O) groups excluding carboxylic acids is 1. The molecule has 1 aromatic carbocycles. The lowest BCUT2D eigenvalue weighted by Crippen LogP contribution is -2.23. The maximum atomic E-state index is 12.1. The van der Waals surface area contributed by atoms with E-state index in [1.807, 2.05) is 6.20 Å². The van der Waals surface area contributed by atoms with Crippen molar-refractivity contribution in [3.05, 3.63) is 51.0 Å². The van der Waals surface area contributed by atoms with E-state index in [9.17, 15) is 4.79 Å². The molecule has 6 heteroatoms. The number of hydrogen-bond donors (Lipinski definition) is 1. The van der Waals surface area contributed by atoms with Crippen LogP contribution < -0.4 is 5.32 Å². The number of benzene rings is 1. The van der Waals surface area contributed by atoms with Crippen LogP contribution in [0.2, 0.25) is 5.02 Å². The highest BCUT2D eigenvalue weighted by atomic mass is 79.9. The second-order valence-electron chi connectivity index (χ2n) is 5.11. The Kier molecular flexibility index (Phi) is 4.31. The highest BCUT2D eigenvalue weighted by Gasteiger charge is 2.14. The summed E-state index contributed by atoms with van der Waals surface area (Å²) in [6.07, 6.45) is 5.44. The maximum Gasteiger partial charge on any atom is 0.253 e. The molecule has 0 saturated heterocycles. The molecule has 1 amide bonds. The number of carbonyl (C=O) groups is 1. The SMILES string of the molecule is O=C(NCc1cn2c(n1)CCCC2)c1ccc(Br)cc1Cl. The summed E-state index contributed by atoms with van der Waals surface area (Å²) in [6.45, 7) is 1.44. The first-order valence-electron chi connectivity index (χ1n) is 6.91. The van der Waals surface area contributed by atoms with E-state index in [4.69, 9.17) is 11.6 Å². The van der Waals surface area contributed by atoms with Crippen molar-refractivity contribution in [3.8, 4) is 0 Å². The minimum atomic E-state index is -0.182. The Bertz CT molecular complexity index is 660. The van der Waals surface area contributed by atoms with Gasteiger partial charge in [-0.2, -0.15) is 0 Å². The fraction of sp³-hybridized carbons (Fsp3) is 0.333. The van der Waals surface area contributed by atoms with Crippen molar-refractivity contribution in [1.82, 2.24) is 14.9 Å². The quantitative estimate of drug-likeness (QED) is 0.900. The Balaban J connectivity index is 1.67. The molecule has 3 rings (SSSR count). The lowest BCUT2D eigenvalue weighted by molar-refractivity contribution is 0.0950. The van der Waals surface area contributed by atoms with Crippen molar-refractivity contribution in [2.45, 2.75) is 32.4 Å². The molecule has 0 unspecified atom stereocenters. The molecule has 1 aliphatic heterocycles. The zero-order chi connectivity index (χ0) is 14.8. The predicted octanol–water partition coefficient (Wildman–Crippen LogP) is 3.57. The van der Waals surface area contributed by atoms with Crippen LogP contribution in [0.15, 0.2) is 28.9 Å². The molecule has 2 aromatic rings. The van der Waals surface area contributed by atoms with Crippen LogP contribution in [0.25, 0.3) is 0 Å². The first kappa shape index (κ1) is 14.6. The van der Waals surface area contributed by atoms with Crippen LogP contribution >= 0.6 is 27.5 Å². The van der Waals surface area contributed by atoms with E-state index < -0.39 is 0 Å². The highest BCUT2D eigenvalue weighted by Crippen LogP contribution is 2.21. The van der Waals surface area contributed by atoms with Crippen molar-refractivity contribution < 1.29 is 4.79 Å². The topological polar surface area (TPSA) is 46.9 Å². The van der Waals surface area contributed by atoms with Gasteiger partial charge in [-0.3, -0.25) is 4.79 Å². The van der Waals surface area contributed by atoms with Gasteiger partial charge in [0.2, 0.25) is 0 Å². The molecule has 4 nitrogen and oxygen atoms in total. The number of halogens is 2. The van der Waals surface area contributed by atoms with Crippen LogP contribution in [0.5, 0.6) is 0 Å². The number of fused-ring (bicyclic) bond motifs is 1. The van der Waals surface area contributed by atoms with E-state index in [0.29, 0.717) is 17.1 Å². The fourth-order valence-corrected chi connectivity index (χ4v) is 3.26. The van der Waals surface area contributed by atoms with Gasteiger partial charge in [-0.1, -0.05) is 27.5 Å². The number of aromatic nitrogens is 2. The third kappa shape index (κ3) is 3.30. The molecule has 21 heavy (non-hydrogen) atoms. The molecule has 2 heterocycles. The molecule has 0 radical (unpaired) electrons. The maximum absolute atomic E-state index is 12.1. The third-order valence-corrected chi connectivity index (χ3v) is 4.37. The summed E-state index contributed by atoms with van der Waals surface area (Å²) in [4.78, 5) is 16.7. The molecule has 1 aromatic heterocycles. The van der Waals surface area contributed by atoms with Gasteiger partial charge < -0.3 is 9.88 Å². The molecule has 1 N–H and O–H groups in total. The minimum absolute atomic E-state index is 0.182. The van der Waals surface area contributed by atoms with Crippen LogP contribution in [0, 0.1) is 0 Å². The van der Waals surface area contributed by atoms with Crippen molar-refractivity contribution in [2.75, 3.05) is 0 Å². The second-order valence-corrected chi connectivity index (χ2v) is 6.43. The van der Waals surface area contributed by atoms with Crippen molar-refractivity contribution in [3.63, 3.8) is 0 Å².